The highest BCUT2D eigenvalue weighted by Gasteiger charge is 2.34. The molecule has 1 aromatic carbocycles. The molecule has 0 aliphatic carbocycles. The Morgan fingerprint density at radius 2 is 1.77 bits per heavy atom. The van der Waals surface area contributed by atoms with Crippen molar-refractivity contribution in [2.24, 2.45) is 5.92 Å². The molecule has 1 aliphatic heterocycles. The number of nitrogens with zero attached hydrogens (tertiary/aromatic N) is 2. The molecular formula is C18H26F2N2O3S. The third-order valence-corrected chi connectivity index (χ3v) is 7.06. The zero-order chi connectivity index (χ0) is 19.5. The second-order valence-electron chi connectivity index (χ2n) is 6.67. The summed E-state index contributed by atoms with van der Waals surface area (Å²) in [6.45, 7) is 4.45. The van der Waals surface area contributed by atoms with Crippen LogP contribution in [0.15, 0.2) is 23.1 Å². The highest BCUT2D eigenvalue weighted by molar-refractivity contribution is 7.89. The van der Waals surface area contributed by atoms with Crippen LogP contribution in [0.4, 0.5) is 8.78 Å². The zero-order valence-electron chi connectivity index (χ0n) is 15.4. The lowest BCUT2D eigenvalue weighted by Gasteiger charge is -2.35. The highest BCUT2D eigenvalue weighted by Crippen LogP contribution is 2.26. The van der Waals surface area contributed by atoms with Crippen molar-refractivity contribution >= 4 is 15.9 Å². The van der Waals surface area contributed by atoms with Crippen LogP contribution in [0.25, 0.3) is 0 Å². The van der Waals surface area contributed by atoms with Gasteiger partial charge in [-0.1, -0.05) is 13.8 Å². The Labute approximate surface area is 154 Å². The Morgan fingerprint density at radius 3 is 2.27 bits per heavy atom. The van der Waals surface area contributed by atoms with Crippen molar-refractivity contribution in [2.75, 3.05) is 20.1 Å². The van der Waals surface area contributed by atoms with E-state index in [0.29, 0.717) is 18.9 Å². The van der Waals surface area contributed by atoms with Gasteiger partial charge in [0.1, 0.15) is 0 Å². The van der Waals surface area contributed by atoms with Gasteiger partial charge in [-0.2, -0.15) is 4.31 Å². The highest BCUT2D eigenvalue weighted by atomic mass is 32.2. The summed E-state index contributed by atoms with van der Waals surface area (Å²) in [5.41, 5.74) is 0. The average molecular weight is 388 g/mol. The van der Waals surface area contributed by atoms with E-state index in [2.05, 4.69) is 0 Å². The summed E-state index contributed by atoms with van der Waals surface area (Å²) in [6, 6.07) is 2.75. The molecule has 8 heteroatoms. The number of benzene rings is 1. The van der Waals surface area contributed by atoms with E-state index >= 15 is 0 Å². The van der Waals surface area contributed by atoms with Crippen LogP contribution in [0, 0.1) is 17.6 Å². The fraction of sp³-hybridized carbons (Fsp3) is 0.611. The second kappa shape index (κ2) is 8.43. The predicted molar refractivity (Wildman–Crippen MR) is 95.0 cm³/mol. The molecule has 146 valence electrons. The Bertz CT molecular complexity index is 743. The van der Waals surface area contributed by atoms with Gasteiger partial charge in [0.25, 0.3) is 0 Å². The van der Waals surface area contributed by atoms with E-state index in [0.717, 1.165) is 25.0 Å². The van der Waals surface area contributed by atoms with E-state index in [9.17, 15) is 22.0 Å². The quantitative estimate of drug-likeness (QED) is 0.753. The molecule has 0 bridgehead atoms. The Hall–Kier alpha value is -1.54. The van der Waals surface area contributed by atoms with Gasteiger partial charge >= 0.3 is 0 Å². The van der Waals surface area contributed by atoms with Gasteiger partial charge in [-0.3, -0.25) is 4.79 Å². The van der Waals surface area contributed by atoms with E-state index < -0.39 is 21.7 Å². The fourth-order valence-electron chi connectivity index (χ4n) is 3.43. The summed E-state index contributed by atoms with van der Waals surface area (Å²) in [6.07, 6.45) is 2.60. The van der Waals surface area contributed by atoms with Crippen LogP contribution in [0.2, 0.25) is 0 Å². The first-order valence-electron chi connectivity index (χ1n) is 8.94. The normalized spacial score (nSPS) is 16.8. The van der Waals surface area contributed by atoms with Crippen molar-refractivity contribution < 1.29 is 22.0 Å². The summed E-state index contributed by atoms with van der Waals surface area (Å²) in [7, 11) is -2.10. The first kappa shape index (κ1) is 20.8. The van der Waals surface area contributed by atoms with Gasteiger partial charge in [-0.15, -0.1) is 0 Å². The van der Waals surface area contributed by atoms with Crippen molar-refractivity contribution in [3.05, 3.63) is 29.8 Å². The first-order chi connectivity index (χ1) is 12.2. The summed E-state index contributed by atoms with van der Waals surface area (Å²) in [5, 5.41) is 0. The van der Waals surface area contributed by atoms with Crippen molar-refractivity contribution in [1.82, 2.24) is 9.21 Å². The van der Waals surface area contributed by atoms with E-state index in [1.807, 2.05) is 13.8 Å². The van der Waals surface area contributed by atoms with Crippen LogP contribution in [0.1, 0.15) is 39.5 Å². The summed E-state index contributed by atoms with van der Waals surface area (Å²) >= 11 is 0. The number of halogens is 2. The molecule has 26 heavy (non-hydrogen) atoms. The molecule has 1 saturated heterocycles. The summed E-state index contributed by atoms with van der Waals surface area (Å²) in [4.78, 5) is 14.1. The Kier molecular flexibility index (Phi) is 6.74. The molecule has 1 aromatic rings. The minimum atomic E-state index is -3.89. The van der Waals surface area contributed by atoms with Gasteiger partial charge in [0.05, 0.1) is 4.90 Å². The number of amides is 1. The molecule has 5 nitrogen and oxygen atoms in total. The lowest BCUT2D eigenvalue weighted by molar-refractivity contribution is -0.137. The number of carbonyl (C=O) groups is 1. The Balaban J connectivity index is 2.05. The van der Waals surface area contributed by atoms with Crippen molar-refractivity contribution in [3.63, 3.8) is 0 Å². The minimum Gasteiger partial charge on any atom is -0.343 e. The summed E-state index contributed by atoms with van der Waals surface area (Å²) < 4.78 is 52.9. The number of hydrogen-bond donors (Lipinski definition) is 0. The maximum atomic E-state index is 13.4. The SMILES string of the molecule is CCC(CC)N(C)C(=O)C1CCN(S(=O)(=O)c2ccc(F)c(F)c2)CC1. The number of rotatable bonds is 6. The minimum absolute atomic E-state index is 0.0450. The molecule has 0 aromatic heterocycles. The van der Waals surface area contributed by atoms with Gasteiger partial charge in [-0.25, -0.2) is 17.2 Å². The smallest absolute Gasteiger partial charge is 0.243 e. The van der Waals surface area contributed by atoms with E-state index in [1.54, 1.807) is 11.9 Å². The van der Waals surface area contributed by atoms with Gasteiger partial charge < -0.3 is 4.90 Å². The van der Waals surface area contributed by atoms with E-state index in [-0.39, 0.29) is 35.9 Å². The second-order valence-corrected chi connectivity index (χ2v) is 8.61. The zero-order valence-corrected chi connectivity index (χ0v) is 16.2. The van der Waals surface area contributed by atoms with E-state index in [1.165, 1.54) is 4.31 Å². The molecule has 1 amide bonds. The largest absolute Gasteiger partial charge is 0.343 e. The number of carbonyl (C=O) groups excluding carboxylic acids is 1. The standard InChI is InChI=1S/C18H26F2N2O3S/c1-4-14(5-2)21(3)18(23)13-8-10-22(11-9-13)26(24,25)15-6-7-16(19)17(20)12-15/h6-7,12-14H,4-5,8-11H2,1-3H3. The van der Waals surface area contributed by atoms with E-state index in [4.69, 9.17) is 0 Å². The molecule has 1 fully saturated rings. The van der Waals surface area contributed by atoms with Gasteiger partial charge in [0, 0.05) is 32.1 Å². The Morgan fingerprint density at radius 1 is 1.19 bits per heavy atom. The lowest BCUT2D eigenvalue weighted by atomic mass is 9.95. The van der Waals surface area contributed by atoms with Crippen LogP contribution in [-0.4, -0.2) is 49.7 Å². The number of hydrogen-bond acceptors (Lipinski definition) is 3. The van der Waals surface area contributed by atoms with Crippen molar-refractivity contribution in [2.45, 2.75) is 50.5 Å². The van der Waals surface area contributed by atoms with Crippen molar-refractivity contribution in [1.29, 1.82) is 0 Å². The molecular weight excluding hydrogens is 362 g/mol. The molecule has 0 atom stereocenters. The lowest BCUT2D eigenvalue weighted by Crippen LogP contribution is -2.45. The third-order valence-electron chi connectivity index (χ3n) is 5.17. The fourth-order valence-corrected chi connectivity index (χ4v) is 4.92. The maximum absolute atomic E-state index is 13.4. The molecule has 1 heterocycles. The first-order valence-corrected chi connectivity index (χ1v) is 10.4. The molecule has 0 saturated carbocycles. The van der Waals surface area contributed by atoms with Crippen LogP contribution in [0.5, 0.6) is 0 Å². The number of sulfonamides is 1. The van der Waals surface area contributed by atoms with Crippen LogP contribution >= 0.6 is 0 Å². The van der Waals surface area contributed by atoms with Crippen molar-refractivity contribution in [3.8, 4) is 0 Å². The molecule has 0 radical (unpaired) electrons. The predicted octanol–water partition coefficient (Wildman–Crippen LogP) is 3.01. The van der Waals surface area contributed by atoms with Crippen LogP contribution < -0.4 is 0 Å². The number of piperidine rings is 1. The average Bonchev–Trinajstić information content (AvgIpc) is 2.64. The summed E-state index contributed by atoms with van der Waals surface area (Å²) in [5.74, 6) is -2.44. The molecule has 2 rings (SSSR count). The van der Waals surface area contributed by atoms with Gasteiger partial charge in [-0.05, 0) is 43.9 Å². The molecule has 1 aliphatic rings. The maximum Gasteiger partial charge on any atom is 0.243 e. The van der Waals surface area contributed by atoms with Crippen LogP contribution in [0.3, 0.4) is 0 Å². The van der Waals surface area contributed by atoms with Crippen LogP contribution in [-0.2, 0) is 14.8 Å². The molecule has 0 unspecified atom stereocenters. The molecule has 0 spiro atoms. The molecule has 0 N–H and O–H groups in total. The topological polar surface area (TPSA) is 57.7 Å². The van der Waals surface area contributed by atoms with Gasteiger partial charge in [0.15, 0.2) is 11.6 Å². The monoisotopic (exact) mass is 388 g/mol. The van der Waals surface area contributed by atoms with Gasteiger partial charge in [0.2, 0.25) is 15.9 Å². The third kappa shape index (κ3) is 4.23.